The van der Waals surface area contributed by atoms with Gasteiger partial charge in [-0.2, -0.15) is 0 Å². The van der Waals surface area contributed by atoms with E-state index in [1.807, 2.05) is 0 Å². The van der Waals surface area contributed by atoms with E-state index in [4.69, 9.17) is 4.74 Å². The number of hydrogen-bond acceptors (Lipinski definition) is 3. The average Bonchev–Trinajstić information content (AvgIpc) is 3.14. The van der Waals surface area contributed by atoms with Crippen LogP contribution in [0, 0.1) is 5.92 Å². The molecule has 0 aromatic carbocycles. The molecule has 16 heavy (non-hydrogen) atoms. The van der Waals surface area contributed by atoms with Crippen molar-refractivity contribution in [1.82, 2.24) is 10.2 Å². The van der Waals surface area contributed by atoms with Gasteiger partial charge in [0.2, 0.25) is 0 Å². The second-order valence-electron chi connectivity index (χ2n) is 5.53. The third-order valence-electron chi connectivity index (χ3n) is 3.67. The Morgan fingerprint density at radius 1 is 1.31 bits per heavy atom. The lowest BCUT2D eigenvalue weighted by molar-refractivity contribution is 0.0934. The first-order valence-corrected chi connectivity index (χ1v) is 6.77. The molecule has 1 atom stereocenters. The molecule has 2 fully saturated rings. The first kappa shape index (κ1) is 12.3. The normalized spacial score (nSPS) is 22.7. The van der Waals surface area contributed by atoms with Crippen molar-refractivity contribution in [2.75, 3.05) is 33.4 Å². The van der Waals surface area contributed by atoms with Crippen LogP contribution in [0.4, 0.5) is 0 Å². The standard InChI is InChI=1S/C13H26N2O/c1-11(9-14-13-5-6-13)15(2)7-8-16-10-12-3-4-12/h11-14H,3-10H2,1-2H3. The van der Waals surface area contributed by atoms with Gasteiger partial charge >= 0.3 is 0 Å². The molecule has 1 unspecified atom stereocenters. The SMILES string of the molecule is CC(CNC1CC1)N(C)CCOCC1CC1. The van der Waals surface area contributed by atoms with Crippen LogP contribution in [0.15, 0.2) is 0 Å². The second-order valence-corrected chi connectivity index (χ2v) is 5.53. The molecule has 0 amide bonds. The van der Waals surface area contributed by atoms with Crippen molar-refractivity contribution in [2.24, 2.45) is 5.92 Å². The fourth-order valence-electron chi connectivity index (χ4n) is 1.74. The zero-order valence-electron chi connectivity index (χ0n) is 10.7. The molecule has 2 aliphatic carbocycles. The Hall–Kier alpha value is -0.120. The number of likely N-dealkylation sites (N-methyl/N-ethyl adjacent to an activating group) is 1. The van der Waals surface area contributed by atoms with Crippen LogP contribution in [0.3, 0.4) is 0 Å². The Labute approximate surface area is 99.5 Å². The fourth-order valence-corrected chi connectivity index (χ4v) is 1.74. The Kier molecular flexibility index (Phi) is 4.62. The Bertz CT molecular complexity index is 202. The number of nitrogens with one attached hydrogen (secondary N) is 1. The van der Waals surface area contributed by atoms with E-state index < -0.39 is 0 Å². The largest absolute Gasteiger partial charge is 0.380 e. The predicted octanol–water partition coefficient (Wildman–Crippen LogP) is 1.49. The van der Waals surface area contributed by atoms with Crippen molar-refractivity contribution in [3.05, 3.63) is 0 Å². The van der Waals surface area contributed by atoms with Gasteiger partial charge in [-0.1, -0.05) is 0 Å². The van der Waals surface area contributed by atoms with Crippen molar-refractivity contribution < 1.29 is 4.74 Å². The molecule has 0 bridgehead atoms. The number of ether oxygens (including phenoxy) is 1. The zero-order valence-corrected chi connectivity index (χ0v) is 10.7. The molecule has 3 nitrogen and oxygen atoms in total. The van der Waals surface area contributed by atoms with Gasteiger partial charge in [-0.3, -0.25) is 0 Å². The molecular weight excluding hydrogens is 200 g/mol. The third kappa shape index (κ3) is 4.81. The van der Waals surface area contributed by atoms with Crippen LogP contribution in [0.25, 0.3) is 0 Å². The van der Waals surface area contributed by atoms with E-state index in [9.17, 15) is 0 Å². The van der Waals surface area contributed by atoms with Crippen LogP contribution < -0.4 is 5.32 Å². The number of hydrogen-bond donors (Lipinski definition) is 1. The quantitative estimate of drug-likeness (QED) is 0.603. The number of nitrogens with zero attached hydrogens (tertiary/aromatic N) is 1. The molecule has 3 heteroatoms. The van der Waals surface area contributed by atoms with Crippen molar-refractivity contribution in [2.45, 2.75) is 44.7 Å². The van der Waals surface area contributed by atoms with Crippen LogP contribution in [0.1, 0.15) is 32.6 Å². The molecule has 94 valence electrons. The van der Waals surface area contributed by atoms with Gasteiger partial charge in [0.15, 0.2) is 0 Å². The summed E-state index contributed by atoms with van der Waals surface area (Å²) in [4.78, 5) is 2.39. The highest BCUT2D eigenvalue weighted by molar-refractivity contribution is 4.82. The smallest absolute Gasteiger partial charge is 0.0593 e. The maximum atomic E-state index is 5.65. The van der Waals surface area contributed by atoms with Gasteiger partial charge in [0.05, 0.1) is 6.61 Å². The highest BCUT2D eigenvalue weighted by Crippen LogP contribution is 2.28. The van der Waals surface area contributed by atoms with Gasteiger partial charge in [-0.25, -0.2) is 0 Å². The van der Waals surface area contributed by atoms with Gasteiger partial charge in [0.25, 0.3) is 0 Å². The summed E-state index contributed by atoms with van der Waals surface area (Å²) in [5.74, 6) is 0.888. The molecule has 1 N–H and O–H groups in total. The van der Waals surface area contributed by atoms with E-state index in [-0.39, 0.29) is 0 Å². The molecular formula is C13H26N2O. The predicted molar refractivity (Wildman–Crippen MR) is 66.7 cm³/mol. The number of rotatable bonds is 9. The third-order valence-corrected chi connectivity index (χ3v) is 3.67. The molecule has 0 heterocycles. The van der Waals surface area contributed by atoms with Gasteiger partial charge < -0.3 is 15.0 Å². The van der Waals surface area contributed by atoms with Gasteiger partial charge in [0.1, 0.15) is 0 Å². The van der Waals surface area contributed by atoms with E-state index in [1.165, 1.54) is 25.7 Å². The minimum Gasteiger partial charge on any atom is -0.380 e. The first-order chi connectivity index (χ1) is 7.75. The summed E-state index contributed by atoms with van der Waals surface area (Å²) in [5, 5.41) is 3.57. The molecule has 0 aromatic rings. The minimum atomic E-state index is 0.616. The molecule has 0 aromatic heterocycles. The highest BCUT2D eigenvalue weighted by atomic mass is 16.5. The Morgan fingerprint density at radius 2 is 2.06 bits per heavy atom. The van der Waals surface area contributed by atoms with Crippen molar-refractivity contribution in [3.8, 4) is 0 Å². The zero-order chi connectivity index (χ0) is 11.4. The molecule has 2 aliphatic rings. The van der Waals surface area contributed by atoms with Gasteiger partial charge in [0, 0.05) is 31.8 Å². The van der Waals surface area contributed by atoms with Crippen LogP contribution in [-0.4, -0.2) is 50.3 Å². The van der Waals surface area contributed by atoms with Crippen LogP contribution in [0.2, 0.25) is 0 Å². The monoisotopic (exact) mass is 226 g/mol. The minimum absolute atomic E-state index is 0.616. The molecule has 0 saturated heterocycles. The van der Waals surface area contributed by atoms with Gasteiger partial charge in [-0.15, -0.1) is 0 Å². The topological polar surface area (TPSA) is 24.5 Å². The molecule has 2 saturated carbocycles. The van der Waals surface area contributed by atoms with Crippen molar-refractivity contribution in [1.29, 1.82) is 0 Å². The summed E-state index contributed by atoms with van der Waals surface area (Å²) >= 11 is 0. The fraction of sp³-hybridized carbons (Fsp3) is 1.00. The van der Waals surface area contributed by atoms with Crippen molar-refractivity contribution in [3.63, 3.8) is 0 Å². The van der Waals surface area contributed by atoms with E-state index >= 15 is 0 Å². The summed E-state index contributed by atoms with van der Waals surface area (Å²) in [6, 6.07) is 1.44. The maximum Gasteiger partial charge on any atom is 0.0593 e. The lowest BCUT2D eigenvalue weighted by Gasteiger charge is -2.24. The van der Waals surface area contributed by atoms with Gasteiger partial charge in [-0.05, 0) is 45.6 Å². The molecule has 0 spiro atoms. The molecule has 2 rings (SSSR count). The van der Waals surface area contributed by atoms with Crippen LogP contribution in [0.5, 0.6) is 0 Å². The summed E-state index contributed by atoms with van der Waals surface area (Å²) in [7, 11) is 2.19. The van der Waals surface area contributed by atoms with E-state index in [1.54, 1.807) is 0 Å². The molecule has 0 radical (unpaired) electrons. The summed E-state index contributed by atoms with van der Waals surface area (Å²) in [6.07, 6.45) is 5.52. The van der Waals surface area contributed by atoms with Crippen molar-refractivity contribution >= 4 is 0 Å². The van der Waals surface area contributed by atoms with E-state index in [0.717, 1.165) is 38.3 Å². The average molecular weight is 226 g/mol. The Morgan fingerprint density at radius 3 is 2.69 bits per heavy atom. The summed E-state index contributed by atoms with van der Waals surface area (Å²) in [6.45, 7) is 6.34. The summed E-state index contributed by atoms with van der Waals surface area (Å²) in [5.41, 5.74) is 0. The lowest BCUT2D eigenvalue weighted by atomic mass is 10.3. The van der Waals surface area contributed by atoms with E-state index in [0.29, 0.717) is 6.04 Å². The van der Waals surface area contributed by atoms with Crippen LogP contribution in [-0.2, 0) is 4.74 Å². The first-order valence-electron chi connectivity index (χ1n) is 6.77. The summed E-state index contributed by atoms with van der Waals surface area (Å²) < 4.78 is 5.65. The van der Waals surface area contributed by atoms with E-state index in [2.05, 4.69) is 24.2 Å². The second kappa shape index (κ2) is 5.99. The molecule has 0 aliphatic heterocycles. The Balaban J connectivity index is 1.45. The van der Waals surface area contributed by atoms with Crippen LogP contribution >= 0.6 is 0 Å². The maximum absolute atomic E-state index is 5.65. The lowest BCUT2D eigenvalue weighted by Crippen LogP contribution is -2.40. The highest BCUT2D eigenvalue weighted by Gasteiger charge is 2.22.